The molecule has 0 aliphatic carbocycles. The molecule has 0 radical (unpaired) electrons. The highest BCUT2D eigenvalue weighted by atomic mass is 32.1. The molecule has 1 saturated heterocycles. The molecule has 0 saturated carbocycles. The molecule has 1 aliphatic heterocycles. The Morgan fingerprint density at radius 1 is 1.47 bits per heavy atom. The highest BCUT2D eigenvalue weighted by molar-refractivity contribution is 7.12. The first kappa shape index (κ1) is 12.4. The smallest absolute Gasteiger partial charge is 0.377 e. The van der Waals surface area contributed by atoms with Gasteiger partial charge in [0.05, 0.1) is 19.3 Å². The molecule has 17 heavy (non-hydrogen) atoms. The van der Waals surface area contributed by atoms with Gasteiger partial charge >= 0.3 is 6.18 Å². The molecule has 1 atom stereocenters. The first-order valence-electron chi connectivity index (χ1n) is 4.98. The third kappa shape index (κ3) is 2.61. The molecule has 1 aliphatic rings. The van der Waals surface area contributed by atoms with Gasteiger partial charge in [0.1, 0.15) is 4.88 Å². The first-order valence-corrected chi connectivity index (χ1v) is 5.79. The molecule has 0 spiro atoms. The largest absolute Gasteiger partial charge is 0.425 e. The zero-order chi connectivity index (χ0) is 12.5. The van der Waals surface area contributed by atoms with Gasteiger partial charge in [0.15, 0.2) is 0 Å². The number of hydrogen-bond acceptors (Lipinski definition) is 3. The van der Waals surface area contributed by atoms with Crippen LogP contribution in [-0.4, -0.2) is 31.1 Å². The Labute approximate surface area is 99.8 Å². The zero-order valence-corrected chi connectivity index (χ0v) is 9.55. The molecule has 3 nitrogen and oxygen atoms in total. The fourth-order valence-corrected chi connectivity index (χ4v) is 2.65. The summed E-state index contributed by atoms with van der Waals surface area (Å²) >= 11 is 0.660. The maximum Gasteiger partial charge on any atom is 0.425 e. The molecule has 94 valence electrons. The summed E-state index contributed by atoms with van der Waals surface area (Å²) in [5.41, 5.74) is 0. The van der Waals surface area contributed by atoms with Crippen molar-refractivity contribution < 1.29 is 22.7 Å². The molecular formula is C10H10F3NO2S. The number of hydrogen-bond donors (Lipinski definition) is 0. The van der Waals surface area contributed by atoms with E-state index in [1.165, 1.54) is 11.0 Å². The van der Waals surface area contributed by atoms with E-state index in [9.17, 15) is 18.0 Å². The van der Waals surface area contributed by atoms with Crippen molar-refractivity contribution in [3.63, 3.8) is 0 Å². The molecular weight excluding hydrogens is 255 g/mol. The fraction of sp³-hybridized carbons (Fsp3) is 0.500. The fourth-order valence-electron chi connectivity index (χ4n) is 1.67. The predicted molar refractivity (Wildman–Crippen MR) is 55.7 cm³/mol. The molecule has 0 aromatic carbocycles. The lowest BCUT2D eigenvalue weighted by molar-refractivity contribution is -0.134. The van der Waals surface area contributed by atoms with Crippen molar-refractivity contribution in [2.45, 2.75) is 12.2 Å². The van der Waals surface area contributed by atoms with E-state index in [1.807, 2.05) is 0 Å². The van der Waals surface area contributed by atoms with Crippen LogP contribution in [0.15, 0.2) is 12.1 Å². The van der Waals surface area contributed by atoms with Crippen molar-refractivity contribution in [1.82, 2.24) is 4.90 Å². The number of morpholine rings is 1. The maximum absolute atomic E-state index is 12.4. The van der Waals surface area contributed by atoms with Gasteiger partial charge in [-0.2, -0.15) is 13.2 Å². The topological polar surface area (TPSA) is 29.5 Å². The van der Waals surface area contributed by atoms with Gasteiger partial charge in [0, 0.05) is 11.4 Å². The van der Waals surface area contributed by atoms with Crippen LogP contribution in [0.1, 0.15) is 15.8 Å². The summed E-state index contributed by atoms with van der Waals surface area (Å²) in [5.74, 6) is 0. The summed E-state index contributed by atoms with van der Waals surface area (Å²) in [4.78, 5) is 12.1. The molecule has 0 bridgehead atoms. The molecule has 2 rings (SSSR count). The highest BCUT2D eigenvalue weighted by Crippen LogP contribution is 2.38. The number of nitrogens with zero attached hydrogens (tertiary/aromatic N) is 1. The first-order chi connectivity index (χ1) is 8.02. The minimum absolute atomic E-state index is 0.247. The summed E-state index contributed by atoms with van der Waals surface area (Å²) in [7, 11) is 0. The van der Waals surface area contributed by atoms with Crippen LogP contribution in [0.25, 0.3) is 0 Å². The molecule has 1 aromatic heterocycles. The SMILES string of the molecule is O=CN1CCOC[C@@H]1c1ccc(C(F)(F)F)s1. The van der Waals surface area contributed by atoms with Crippen LogP contribution >= 0.6 is 11.3 Å². The Morgan fingerprint density at radius 3 is 2.82 bits per heavy atom. The summed E-state index contributed by atoms with van der Waals surface area (Å²) in [6, 6.07) is 2.04. The van der Waals surface area contributed by atoms with Crippen LogP contribution in [0.3, 0.4) is 0 Å². The number of alkyl halides is 3. The van der Waals surface area contributed by atoms with Crippen LogP contribution in [0.4, 0.5) is 13.2 Å². The van der Waals surface area contributed by atoms with E-state index >= 15 is 0 Å². The Morgan fingerprint density at radius 2 is 2.24 bits per heavy atom. The average molecular weight is 265 g/mol. The van der Waals surface area contributed by atoms with E-state index < -0.39 is 17.1 Å². The van der Waals surface area contributed by atoms with Crippen molar-refractivity contribution >= 4 is 17.7 Å². The lowest BCUT2D eigenvalue weighted by atomic mass is 10.2. The average Bonchev–Trinajstić information content (AvgIpc) is 2.77. The zero-order valence-electron chi connectivity index (χ0n) is 8.74. The van der Waals surface area contributed by atoms with Gasteiger partial charge in [-0.25, -0.2) is 0 Å². The standard InChI is InChI=1S/C10H10F3NO2S/c11-10(12,13)9-2-1-8(17-9)7-5-16-4-3-14(7)6-15/h1-2,6-7H,3-5H2/t7-/m1/s1. The summed E-state index contributed by atoms with van der Waals surface area (Å²) in [6.07, 6.45) is -3.68. The quantitative estimate of drug-likeness (QED) is 0.768. The number of amides is 1. The van der Waals surface area contributed by atoms with E-state index in [0.29, 0.717) is 35.8 Å². The van der Waals surface area contributed by atoms with Crippen LogP contribution in [0.5, 0.6) is 0 Å². The van der Waals surface area contributed by atoms with Crippen molar-refractivity contribution in [3.05, 3.63) is 21.9 Å². The number of carbonyl (C=O) groups is 1. The number of halogens is 3. The lowest BCUT2D eigenvalue weighted by Gasteiger charge is -2.31. The van der Waals surface area contributed by atoms with E-state index in [-0.39, 0.29) is 6.61 Å². The van der Waals surface area contributed by atoms with E-state index in [2.05, 4.69) is 0 Å². The summed E-state index contributed by atoms with van der Waals surface area (Å²) < 4.78 is 42.5. The number of carbonyl (C=O) groups excluding carboxylic acids is 1. The Kier molecular flexibility index (Phi) is 3.39. The number of ether oxygens (including phenoxy) is 1. The predicted octanol–water partition coefficient (Wildman–Crippen LogP) is 2.30. The molecule has 0 unspecified atom stereocenters. The summed E-state index contributed by atoms with van der Waals surface area (Å²) in [5, 5.41) is 0. The Hall–Kier alpha value is -1.08. The van der Waals surface area contributed by atoms with E-state index in [1.54, 1.807) is 0 Å². The Balaban J connectivity index is 2.21. The third-order valence-electron chi connectivity index (χ3n) is 2.54. The van der Waals surface area contributed by atoms with E-state index in [0.717, 1.165) is 6.07 Å². The van der Waals surface area contributed by atoms with Crippen molar-refractivity contribution in [2.75, 3.05) is 19.8 Å². The summed E-state index contributed by atoms with van der Waals surface area (Å²) in [6.45, 7) is 1.08. The van der Waals surface area contributed by atoms with Crippen molar-refractivity contribution in [3.8, 4) is 0 Å². The second-order valence-electron chi connectivity index (χ2n) is 3.63. The van der Waals surface area contributed by atoms with Crippen LogP contribution in [0.2, 0.25) is 0 Å². The minimum Gasteiger partial charge on any atom is -0.377 e. The molecule has 2 heterocycles. The molecule has 1 fully saturated rings. The molecule has 7 heteroatoms. The van der Waals surface area contributed by atoms with Gasteiger partial charge in [0.25, 0.3) is 0 Å². The van der Waals surface area contributed by atoms with Crippen molar-refractivity contribution in [1.29, 1.82) is 0 Å². The van der Waals surface area contributed by atoms with Crippen LogP contribution < -0.4 is 0 Å². The van der Waals surface area contributed by atoms with E-state index in [4.69, 9.17) is 4.74 Å². The highest BCUT2D eigenvalue weighted by Gasteiger charge is 2.34. The number of rotatable bonds is 2. The number of thiophene rings is 1. The maximum atomic E-state index is 12.4. The van der Waals surface area contributed by atoms with Gasteiger partial charge in [-0.3, -0.25) is 4.79 Å². The second-order valence-corrected chi connectivity index (χ2v) is 4.75. The monoisotopic (exact) mass is 265 g/mol. The van der Waals surface area contributed by atoms with Gasteiger partial charge in [0.2, 0.25) is 6.41 Å². The minimum atomic E-state index is -4.33. The normalized spacial score (nSPS) is 21.6. The van der Waals surface area contributed by atoms with Crippen LogP contribution in [0, 0.1) is 0 Å². The van der Waals surface area contributed by atoms with Crippen molar-refractivity contribution in [2.24, 2.45) is 0 Å². The lowest BCUT2D eigenvalue weighted by Crippen LogP contribution is -2.38. The third-order valence-corrected chi connectivity index (χ3v) is 3.77. The Bertz CT molecular complexity index is 405. The molecule has 0 N–H and O–H groups in total. The van der Waals surface area contributed by atoms with Gasteiger partial charge in [-0.15, -0.1) is 11.3 Å². The van der Waals surface area contributed by atoms with Gasteiger partial charge < -0.3 is 9.64 Å². The van der Waals surface area contributed by atoms with Gasteiger partial charge in [-0.05, 0) is 12.1 Å². The van der Waals surface area contributed by atoms with Crippen LogP contribution in [-0.2, 0) is 15.7 Å². The van der Waals surface area contributed by atoms with Gasteiger partial charge in [-0.1, -0.05) is 0 Å². The molecule has 1 aromatic rings. The molecule has 1 amide bonds. The second kappa shape index (κ2) is 4.66.